The first kappa shape index (κ1) is 31.4. The molecule has 2 aromatic heterocycles. The van der Waals surface area contributed by atoms with E-state index in [-0.39, 0.29) is 58.9 Å². The number of aromatic nitrogens is 3. The van der Waals surface area contributed by atoms with E-state index < -0.39 is 51.2 Å². The summed E-state index contributed by atoms with van der Waals surface area (Å²) in [6.07, 6.45) is -13.8. The Kier molecular flexibility index (Phi) is 8.14. The SMILES string of the molecule is CC(C)(O)Cc1nnc(-c2nc(C(=O)N3CC[C@H](F)C3)c(-c3ccc(C(O)(C(F)(F)F)C(F)(F)F)c(Cl)c3Cl)s2)o1. The van der Waals surface area contributed by atoms with Crippen LogP contribution in [0.3, 0.4) is 0 Å². The number of hydrogen-bond acceptors (Lipinski definition) is 8. The van der Waals surface area contributed by atoms with E-state index in [9.17, 15) is 45.7 Å². The van der Waals surface area contributed by atoms with Gasteiger partial charge in [-0.15, -0.1) is 21.5 Å². The van der Waals surface area contributed by atoms with Crippen molar-refractivity contribution in [2.45, 2.75) is 56.4 Å². The van der Waals surface area contributed by atoms with E-state index in [0.29, 0.717) is 17.4 Å². The lowest BCUT2D eigenvalue weighted by atomic mass is 9.91. The Hall–Kier alpha value is -2.53. The molecule has 41 heavy (non-hydrogen) atoms. The molecule has 8 nitrogen and oxygen atoms in total. The van der Waals surface area contributed by atoms with E-state index in [2.05, 4.69) is 15.2 Å². The molecule has 1 amide bonds. The molecule has 18 heteroatoms. The highest BCUT2D eigenvalue weighted by Gasteiger charge is 2.72. The Balaban J connectivity index is 1.87. The Labute approximate surface area is 240 Å². The molecule has 3 heterocycles. The number of benzene rings is 1. The van der Waals surface area contributed by atoms with Gasteiger partial charge in [-0.25, -0.2) is 9.37 Å². The first-order valence-electron chi connectivity index (χ1n) is 11.6. The van der Waals surface area contributed by atoms with Gasteiger partial charge in [0, 0.05) is 17.7 Å². The van der Waals surface area contributed by atoms with Crippen LogP contribution in [-0.2, 0) is 12.0 Å². The predicted octanol–water partition coefficient (Wildman–Crippen LogP) is 5.98. The topological polar surface area (TPSA) is 113 Å². The monoisotopic (exact) mass is 650 g/mol. The number of halogens is 9. The number of carbonyl (C=O) groups excluding carboxylic acids is 1. The van der Waals surface area contributed by atoms with Gasteiger partial charge < -0.3 is 19.5 Å². The summed E-state index contributed by atoms with van der Waals surface area (Å²) in [5, 5.41) is 25.2. The lowest BCUT2D eigenvalue weighted by Gasteiger charge is -2.33. The molecule has 1 fully saturated rings. The van der Waals surface area contributed by atoms with Crippen molar-refractivity contribution < 1.29 is 50.2 Å². The smallest absolute Gasteiger partial charge is 0.419 e. The third-order valence-electron chi connectivity index (χ3n) is 6.02. The second-order valence-electron chi connectivity index (χ2n) is 9.82. The van der Waals surface area contributed by atoms with Crippen LogP contribution in [0.15, 0.2) is 16.5 Å². The number of nitrogens with zero attached hydrogens (tertiary/aromatic N) is 4. The molecule has 1 aliphatic heterocycles. The van der Waals surface area contributed by atoms with Gasteiger partial charge >= 0.3 is 12.4 Å². The van der Waals surface area contributed by atoms with Gasteiger partial charge in [0.15, 0.2) is 5.01 Å². The lowest BCUT2D eigenvalue weighted by Crippen LogP contribution is -2.54. The molecular formula is C23H19Cl2F7N4O4S. The molecule has 0 spiro atoms. The highest BCUT2D eigenvalue weighted by molar-refractivity contribution is 7.18. The molecule has 0 radical (unpaired) electrons. The second-order valence-corrected chi connectivity index (χ2v) is 11.6. The van der Waals surface area contributed by atoms with Crippen LogP contribution in [0.1, 0.15) is 42.2 Å². The predicted molar refractivity (Wildman–Crippen MR) is 132 cm³/mol. The molecule has 2 N–H and O–H groups in total. The summed E-state index contributed by atoms with van der Waals surface area (Å²) in [6.45, 7) is 2.70. The standard InChI is InChI=1S/C23H19Cl2F7N4O4S/c1-20(2,38)7-12-34-35-17(40-12)18-33-15(19(37)36-6-5-9(26)8-36)16(41-18)10-3-4-11(14(25)13(10)24)21(39,22(27,28)29)23(30,31)32/h3-4,9,38-39H,5-8H2,1-2H3/t9-/m0/s1. The summed E-state index contributed by atoms with van der Waals surface area (Å²) in [5.74, 6) is -1.03. The maximum absolute atomic E-state index is 13.8. The Morgan fingerprint density at radius 1 is 1.10 bits per heavy atom. The summed E-state index contributed by atoms with van der Waals surface area (Å²) in [7, 11) is 0. The first-order valence-corrected chi connectivity index (χ1v) is 13.2. The van der Waals surface area contributed by atoms with E-state index in [1.54, 1.807) is 0 Å². The molecule has 1 aliphatic rings. The molecule has 0 bridgehead atoms. The summed E-state index contributed by atoms with van der Waals surface area (Å²) in [5.41, 5.74) is -9.04. The zero-order valence-electron chi connectivity index (χ0n) is 20.9. The van der Waals surface area contributed by atoms with Crippen LogP contribution in [0.4, 0.5) is 30.7 Å². The average Bonchev–Trinajstić information content (AvgIpc) is 3.57. The number of thiazole rings is 1. The zero-order valence-corrected chi connectivity index (χ0v) is 23.2. The van der Waals surface area contributed by atoms with Crippen LogP contribution in [0.5, 0.6) is 0 Å². The van der Waals surface area contributed by atoms with Gasteiger partial charge in [0.05, 0.1) is 33.5 Å². The molecule has 1 atom stereocenters. The number of amides is 1. The largest absolute Gasteiger partial charge is 0.430 e. The van der Waals surface area contributed by atoms with Gasteiger partial charge in [-0.05, 0) is 20.3 Å². The van der Waals surface area contributed by atoms with Gasteiger partial charge in [0.1, 0.15) is 11.9 Å². The van der Waals surface area contributed by atoms with Crippen LogP contribution >= 0.6 is 34.5 Å². The van der Waals surface area contributed by atoms with Crippen molar-refractivity contribution in [2.24, 2.45) is 0 Å². The Morgan fingerprint density at radius 3 is 2.27 bits per heavy atom. The van der Waals surface area contributed by atoms with Crippen molar-refractivity contribution in [3.63, 3.8) is 0 Å². The van der Waals surface area contributed by atoms with Crippen LogP contribution in [0.2, 0.25) is 10.0 Å². The molecule has 1 aromatic carbocycles. The maximum atomic E-state index is 13.8. The van der Waals surface area contributed by atoms with Crippen LogP contribution in [-0.4, -0.2) is 73.4 Å². The minimum absolute atomic E-state index is 0.000886. The first-order chi connectivity index (χ1) is 18.7. The van der Waals surface area contributed by atoms with Gasteiger partial charge in [-0.2, -0.15) is 26.3 Å². The number of aliphatic hydroxyl groups is 2. The van der Waals surface area contributed by atoms with E-state index >= 15 is 0 Å². The number of hydrogen-bond donors (Lipinski definition) is 2. The number of rotatable bonds is 6. The van der Waals surface area contributed by atoms with Crippen molar-refractivity contribution in [2.75, 3.05) is 13.1 Å². The fourth-order valence-electron chi connectivity index (χ4n) is 4.04. The van der Waals surface area contributed by atoms with Crippen molar-refractivity contribution in [3.05, 3.63) is 39.3 Å². The van der Waals surface area contributed by atoms with E-state index in [1.807, 2.05) is 0 Å². The van der Waals surface area contributed by atoms with Gasteiger partial charge in [-0.1, -0.05) is 35.3 Å². The quantitative estimate of drug-likeness (QED) is 0.316. The summed E-state index contributed by atoms with van der Waals surface area (Å²) in [4.78, 5) is 18.5. The minimum Gasteiger partial charge on any atom is -0.419 e. The Morgan fingerprint density at radius 2 is 1.73 bits per heavy atom. The van der Waals surface area contributed by atoms with E-state index in [4.69, 9.17) is 27.6 Å². The summed E-state index contributed by atoms with van der Waals surface area (Å²) < 4.78 is 100. The normalized spacial score (nSPS) is 17.0. The molecular weight excluding hydrogens is 632 g/mol. The van der Waals surface area contributed by atoms with Gasteiger partial charge in [-0.3, -0.25) is 4.79 Å². The summed E-state index contributed by atoms with van der Waals surface area (Å²) in [6, 6.07) is 1.01. The van der Waals surface area contributed by atoms with E-state index in [0.717, 1.165) is 11.0 Å². The molecule has 0 aliphatic carbocycles. The highest BCUT2D eigenvalue weighted by Crippen LogP contribution is 2.54. The maximum Gasteiger partial charge on any atom is 0.430 e. The lowest BCUT2D eigenvalue weighted by molar-refractivity contribution is -0.376. The van der Waals surface area contributed by atoms with Crippen molar-refractivity contribution in [1.82, 2.24) is 20.1 Å². The van der Waals surface area contributed by atoms with Crippen LogP contribution < -0.4 is 0 Å². The molecule has 0 unspecified atom stereocenters. The fraction of sp³-hybridized carbons (Fsp3) is 0.478. The van der Waals surface area contributed by atoms with Crippen LogP contribution in [0, 0.1) is 0 Å². The van der Waals surface area contributed by atoms with Crippen LogP contribution in [0.25, 0.3) is 21.3 Å². The fourth-order valence-corrected chi connectivity index (χ4v) is 5.67. The third kappa shape index (κ3) is 5.89. The zero-order chi connectivity index (χ0) is 30.7. The number of likely N-dealkylation sites (tertiary alicyclic amines) is 1. The summed E-state index contributed by atoms with van der Waals surface area (Å²) >= 11 is 12.7. The molecule has 0 saturated carbocycles. The van der Waals surface area contributed by atoms with Gasteiger partial charge in [0.2, 0.25) is 5.89 Å². The van der Waals surface area contributed by atoms with Crippen molar-refractivity contribution in [1.29, 1.82) is 0 Å². The number of alkyl halides is 7. The second kappa shape index (κ2) is 10.6. The van der Waals surface area contributed by atoms with E-state index in [1.165, 1.54) is 13.8 Å². The van der Waals surface area contributed by atoms with Crippen molar-refractivity contribution >= 4 is 40.4 Å². The molecule has 3 aromatic rings. The molecule has 1 saturated heterocycles. The average molecular weight is 651 g/mol. The third-order valence-corrected chi connectivity index (χ3v) is 7.98. The minimum atomic E-state index is -6.23. The van der Waals surface area contributed by atoms with Crippen molar-refractivity contribution in [3.8, 4) is 21.3 Å². The highest BCUT2D eigenvalue weighted by atomic mass is 35.5. The molecule has 4 rings (SSSR count). The molecule has 224 valence electrons. The van der Waals surface area contributed by atoms with Gasteiger partial charge in [0.25, 0.3) is 17.4 Å². The Bertz CT molecular complexity index is 1460. The number of carbonyl (C=O) groups is 1.